The number of carbonyl (C=O) groups excluding carboxylic acids is 2. The summed E-state index contributed by atoms with van der Waals surface area (Å²) in [7, 11) is 7.41. The molecule has 0 aromatic carbocycles. The van der Waals surface area contributed by atoms with Gasteiger partial charge in [-0.1, -0.05) is 26.7 Å². The molecule has 22 heteroatoms. The van der Waals surface area contributed by atoms with Crippen LogP contribution in [0, 0.1) is 0 Å². The van der Waals surface area contributed by atoms with Crippen molar-refractivity contribution in [3.05, 3.63) is 34.9 Å². The van der Waals surface area contributed by atoms with E-state index in [4.69, 9.17) is 31.1 Å². The molecular formula is C30H40N18O4. The van der Waals surface area contributed by atoms with E-state index in [1.165, 1.54) is 45.3 Å². The molecule has 0 aliphatic rings. The van der Waals surface area contributed by atoms with E-state index >= 15 is 0 Å². The molecule has 5 rings (SSSR count). The number of aryl methyl sites for hydroxylation is 4. The summed E-state index contributed by atoms with van der Waals surface area (Å²) in [6.45, 7) is 4.09. The maximum atomic E-state index is 12.3. The molecule has 0 unspecified atom stereocenters. The summed E-state index contributed by atoms with van der Waals surface area (Å²) in [6.07, 6.45) is 7.04. The van der Waals surface area contributed by atoms with Gasteiger partial charge in [0.15, 0.2) is 34.6 Å². The monoisotopic (exact) mass is 716 g/mol. The number of azo groups is 2. The lowest BCUT2D eigenvalue weighted by Crippen LogP contribution is -2.15. The Labute approximate surface area is 297 Å². The molecule has 0 saturated carbocycles. The molecule has 0 aliphatic heterocycles. The van der Waals surface area contributed by atoms with Crippen LogP contribution in [0.3, 0.4) is 0 Å². The second-order valence-electron chi connectivity index (χ2n) is 11.3. The smallest absolute Gasteiger partial charge is 0.343 e. The molecule has 0 bridgehead atoms. The number of aromatic nitrogens is 11. The Hall–Kier alpha value is -6.61. The van der Waals surface area contributed by atoms with Crippen LogP contribution in [0.2, 0.25) is 0 Å². The van der Waals surface area contributed by atoms with Crippen LogP contribution in [-0.2, 0) is 36.4 Å². The zero-order valence-electron chi connectivity index (χ0n) is 29.9. The number of nitrogens with two attached hydrogens (primary N) is 2. The normalized spacial score (nSPS) is 11.6. The first-order valence-electron chi connectivity index (χ1n) is 16.3. The maximum absolute atomic E-state index is 12.3. The topological polar surface area (TPSA) is 276 Å². The Morgan fingerprint density at radius 2 is 1.15 bits per heavy atom. The highest BCUT2D eigenvalue weighted by molar-refractivity contribution is 5.94. The number of ether oxygens (including phenoxy) is 2. The van der Waals surface area contributed by atoms with E-state index in [1.807, 2.05) is 13.8 Å². The van der Waals surface area contributed by atoms with E-state index in [9.17, 15) is 9.59 Å². The zero-order valence-corrected chi connectivity index (χ0v) is 29.9. The number of nitrogens with one attached hydrogen (secondary N) is 1. The van der Waals surface area contributed by atoms with Crippen LogP contribution in [0.25, 0.3) is 11.9 Å². The van der Waals surface area contributed by atoms with Gasteiger partial charge in [0.05, 0.1) is 38.0 Å². The molecular weight excluding hydrogens is 676 g/mol. The fourth-order valence-electron chi connectivity index (χ4n) is 4.95. The molecule has 274 valence electrons. The first-order chi connectivity index (χ1) is 25.1. The third-order valence-electron chi connectivity index (χ3n) is 7.79. The summed E-state index contributed by atoms with van der Waals surface area (Å²) in [5, 5.41) is 37.9. The standard InChI is InChI=1S/C30H40N18O4/c1-8-10-12-18-20(39-41-24-16(26(49)51-6)14-34-45(24)4)22(31)47(43-18)29-36-28(33-3)37-30(38-29)48-23(32)21(19(44-48)13-11-9-2)40-42-25-17(27(50)52-7)15-35-46(25)5/h14-15H,8-13,31-32H2,1-7H3,(H,33,36,37,38)/b41-39+,42-40+. The number of hydrogen-bond acceptors (Lipinski definition) is 18. The van der Waals surface area contributed by atoms with Crippen LogP contribution in [-0.4, -0.2) is 87.3 Å². The van der Waals surface area contributed by atoms with Crippen molar-refractivity contribution in [2.75, 3.05) is 38.1 Å². The quantitative estimate of drug-likeness (QED) is 0.102. The number of unbranched alkanes of at least 4 members (excludes halogenated alkanes) is 2. The summed E-state index contributed by atoms with van der Waals surface area (Å²) in [4.78, 5) is 38.2. The van der Waals surface area contributed by atoms with Gasteiger partial charge in [0, 0.05) is 21.1 Å². The molecule has 0 fully saturated rings. The van der Waals surface area contributed by atoms with Gasteiger partial charge in [0.1, 0.15) is 11.1 Å². The largest absolute Gasteiger partial charge is 0.465 e. The van der Waals surface area contributed by atoms with Gasteiger partial charge >= 0.3 is 11.9 Å². The van der Waals surface area contributed by atoms with Gasteiger partial charge in [-0.3, -0.25) is 0 Å². The van der Waals surface area contributed by atoms with Crippen LogP contribution in [0.1, 0.15) is 71.6 Å². The summed E-state index contributed by atoms with van der Waals surface area (Å²) in [6, 6.07) is 0. The number of rotatable bonds is 15. The van der Waals surface area contributed by atoms with Crippen LogP contribution in [0.5, 0.6) is 0 Å². The molecule has 52 heavy (non-hydrogen) atoms. The number of nitrogen functional groups attached to an aromatic ring is 2. The summed E-state index contributed by atoms with van der Waals surface area (Å²) >= 11 is 0. The van der Waals surface area contributed by atoms with E-state index < -0.39 is 11.9 Å². The number of nitrogens with zero attached hydrogens (tertiary/aromatic N) is 15. The van der Waals surface area contributed by atoms with Gasteiger partial charge in [0.2, 0.25) is 5.95 Å². The molecule has 0 amide bonds. The van der Waals surface area contributed by atoms with Gasteiger partial charge in [-0.2, -0.15) is 44.7 Å². The van der Waals surface area contributed by atoms with Crippen molar-refractivity contribution in [1.82, 2.24) is 54.1 Å². The highest BCUT2D eigenvalue weighted by atomic mass is 16.5. The van der Waals surface area contributed by atoms with Crippen LogP contribution in [0.4, 0.5) is 40.6 Å². The minimum absolute atomic E-state index is 0.0348. The Bertz CT molecular complexity index is 1990. The molecule has 5 aromatic rings. The van der Waals surface area contributed by atoms with Gasteiger partial charge in [-0.05, 0) is 25.7 Å². The number of carbonyl (C=O) groups is 2. The van der Waals surface area contributed by atoms with E-state index in [0.717, 1.165) is 25.7 Å². The fourth-order valence-corrected chi connectivity index (χ4v) is 4.95. The van der Waals surface area contributed by atoms with Gasteiger partial charge in [0.25, 0.3) is 11.9 Å². The molecule has 22 nitrogen and oxygen atoms in total. The molecule has 0 spiro atoms. The van der Waals surface area contributed by atoms with E-state index in [0.29, 0.717) is 24.2 Å². The van der Waals surface area contributed by atoms with Crippen LogP contribution < -0.4 is 16.8 Å². The van der Waals surface area contributed by atoms with Crippen molar-refractivity contribution < 1.29 is 19.1 Å². The van der Waals surface area contributed by atoms with Crippen LogP contribution in [0.15, 0.2) is 32.9 Å². The molecule has 5 aromatic heterocycles. The predicted octanol–water partition coefficient (Wildman–Crippen LogP) is 4.01. The Kier molecular flexibility index (Phi) is 11.2. The van der Waals surface area contributed by atoms with Crippen molar-refractivity contribution in [1.29, 1.82) is 0 Å². The lowest BCUT2D eigenvalue weighted by molar-refractivity contribution is 0.0592. The van der Waals surface area contributed by atoms with Crippen molar-refractivity contribution in [3.63, 3.8) is 0 Å². The maximum Gasteiger partial charge on any atom is 0.343 e. The van der Waals surface area contributed by atoms with E-state index in [2.05, 4.69) is 50.9 Å². The van der Waals surface area contributed by atoms with Gasteiger partial charge < -0.3 is 26.3 Å². The number of esters is 2. The molecule has 0 saturated heterocycles. The second-order valence-corrected chi connectivity index (χ2v) is 11.3. The average Bonchev–Trinajstić information content (AvgIpc) is 3.89. The summed E-state index contributed by atoms with van der Waals surface area (Å²) in [5.74, 6) is -0.482. The van der Waals surface area contributed by atoms with Crippen LogP contribution >= 0.6 is 0 Å². The molecule has 0 atom stereocenters. The highest BCUT2D eigenvalue weighted by Crippen LogP contribution is 2.34. The second kappa shape index (κ2) is 15.9. The zero-order chi connectivity index (χ0) is 37.5. The molecule has 5 heterocycles. The van der Waals surface area contributed by atoms with E-state index in [-0.39, 0.29) is 63.6 Å². The lowest BCUT2D eigenvalue weighted by Gasteiger charge is -2.08. The Balaban J connectivity index is 1.61. The van der Waals surface area contributed by atoms with Crippen molar-refractivity contribution in [3.8, 4) is 11.9 Å². The SMILES string of the molecule is CCCCc1nn(-c2nc(NC)nc(-n3nc(CCCC)c(/N=N/c4c(C(=O)OC)cnn4C)c3N)n2)c(N)c1/N=N/c1c(C(=O)OC)cnn1C. The first kappa shape index (κ1) is 36.7. The number of anilines is 3. The lowest BCUT2D eigenvalue weighted by atomic mass is 10.2. The average molecular weight is 717 g/mol. The molecule has 0 radical (unpaired) electrons. The number of hydrogen-bond donors (Lipinski definition) is 3. The Morgan fingerprint density at radius 3 is 1.52 bits per heavy atom. The Morgan fingerprint density at radius 1 is 0.731 bits per heavy atom. The molecule has 0 aliphatic carbocycles. The number of methoxy groups -OCH3 is 2. The predicted molar refractivity (Wildman–Crippen MR) is 187 cm³/mol. The van der Waals surface area contributed by atoms with Crippen molar-refractivity contribution in [2.45, 2.75) is 52.4 Å². The molecule has 5 N–H and O–H groups in total. The van der Waals surface area contributed by atoms with E-state index in [1.54, 1.807) is 21.1 Å². The summed E-state index contributed by atoms with van der Waals surface area (Å²) < 4.78 is 15.1. The summed E-state index contributed by atoms with van der Waals surface area (Å²) in [5.41, 5.74) is 15.1. The highest BCUT2D eigenvalue weighted by Gasteiger charge is 2.25. The van der Waals surface area contributed by atoms with Crippen molar-refractivity contribution in [2.24, 2.45) is 34.6 Å². The van der Waals surface area contributed by atoms with Gasteiger partial charge in [-0.15, -0.1) is 20.5 Å². The van der Waals surface area contributed by atoms with Crippen molar-refractivity contribution >= 4 is 52.5 Å². The fraction of sp³-hybridized carbons (Fsp3) is 0.433. The third-order valence-corrected chi connectivity index (χ3v) is 7.79. The minimum Gasteiger partial charge on any atom is -0.465 e. The van der Waals surface area contributed by atoms with Gasteiger partial charge in [-0.25, -0.2) is 19.0 Å². The first-order valence-corrected chi connectivity index (χ1v) is 16.3. The third kappa shape index (κ3) is 7.29. The minimum atomic E-state index is -0.613.